The average Bonchev–Trinajstić information content (AvgIpc) is 2.68. The lowest BCUT2D eigenvalue weighted by atomic mass is 10.2. The highest BCUT2D eigenvalue weighted by Crippen LogP contribution is 2.27. The molecule has 0 aliphatic carbocycles. The number of pyridine rings is 1. The first-order valence-corrected chi connectivity index (χ1v) is 10.1. The molecule has 3 rings (SSSR count). The maximum absolute atomic E-state index is 12.2. The monoisotopic (exact) mass is 398 g/mol. The van der Waals surface area contributed by atoms with E-state index in [-0.39, 0.29) is 10.6 Å². The number of carbonyl (C=O) groups excluding carboxylic acids is 1. The summed E-state index contributed by atoms with van der Waals surface area (Å²) in [5.74, 6) is 0.425. The molecule has 0 atom stereocenters. The van der Waals surface area contributed by atoms with Gasteiger partial charge in [0.15, 0.2) is 21.3 Å². The summed E-state index contributed by atoms with van der Waals surface area (Å²) >= 11 is 0. The Hall–Kier alpha value is -3.53. The molecule has 2 aromatic heterocycles. The number of nitrogens with one attached hydrogen (secondary N) is 3. The zero-order valence-electron chi connectivity index (χ0n) is 15.2. The van der Waals surface area contributed by atoms with E-state index in [4.69, 9.17) is 0 Å². The lowest BCUT2D eigenvalue weighted by Gasteiger charge is -2.14. The Bertz CT molecular complexity index is 1100. The van der Waals surface area contributed by atoms with E-state index in [1.807, 2.05) is 6.07 Å². The van der Waals surface area contributed by atoms with Gasteiger partial charge in [0.05, 0.1) is 16.3 Å². The van der Waals surface area contributed by atoms with Crippen LogP contribution in [0.3, 0.4) is 0 Å². The first kappa shape index (κ1) is 19.2. The minimum Gasteiger partial charge on any atom is -0.354 e. The van der Waals surface area contributed by atoms with Crippen LogP contribution in [0, 0.1) is 0 Å². The van der Waals surface area contributed by atoms with Crippen molar-refractivity contribution in [3.8, 4) is 0 Å². The molecule has 144 valence electrons. The van der Waals surface area contributed by atoms with E-state index in [0.29, 0.717) is 23.0 Å². The van der Waals surface area contributed by atoms with Crippen LogP contribution in [-0.2, 0) is 9.84 Å². The van der Waals surface area contributed by atoms with Gasteiger partial charge >= 0.3 is 0 Å². The summed E-state index contributed by atoms with van der Waals surface area (Å²) in [4.78, 5) is 16.4. The van der Waals surface area contributed by atoms with Crippen LogP contribution in [-0.4, -0.2) is 42.8 Å². The Kier molecular flexibility index (Phi) is 5.50. The van der Waals surface area contributed by atoms with Crippen molar-refractivity contribution in [3.05, 3.63) is 60.4 Å². The Balaban J connectivity index is 2.03. The standard InChI is InChI=1S/C18H18N6O3S/c1-19-18(25)17-13(21-12-7-3-4-8-14(12)28(2,26)27)11-16(23-24-17)22-15-9-5-6-10-20-15/h3-11H,1-2H3,(H,19,25)(H2,20,21,22,23). The van der Waals surface area contributed by atoms with Gasteiger partial charge in [-0.05, 0) is 24.3 Å². The number of aromatic nitrogens is 3. The second-order valence-corrected chi connectivity index (χ2v) is 7.79. The lowest BCUT2D eigenvalue weighted by molar-refractivity contribution is 0.0958. The predicted octanol–water partition coefficient (Wildman–Crippen LogP) is 2.12. The number of hydrogen-bond acceptors (Lipinski definition) is 8. The van der Waals surface area contributed by atoms with Crippen LogP contribution in [0.5, 0.6) is 0 Å². The zero-order valence-corrected chi connectivity index (χ0v) is 16.0. The molecule has 28 heavy (non-hydrogen) atoms. The summed E-state index contributed by atoms with van der Waals surface area (Å²) < 4.78 is 24.1. The summed E-state index contributed by atoms with van der Waals surface area (Å²) in [5.41, 5.74) is 0.646. The van der Waals surface area contributed by atoms with E-state index >= 15 is 0 Å². The molecule has 0 spiro atoms. The highest BCUT2D eigenvalue weighted by molar-refractivity contribution is 7.90. The lowest BCUT2D eigenvalue weighted by Crippen LogP contribution is -2.21. The van der Waals surface area contributed by atoms with Gasteiger partial charge in [0.2, 0.25) is 0 Å². The van der Waals surface area contributed by atoms with Gasteiger partial charge in [-0.2, -0.15) is 0 Å². The Morgan fingerprint density at radius 3 is 2.36 bits per heavy atom. The fourth-order valence-corrected chi connectivity index (χ4v) is 3.28. The maximum Gasteiger partial charge on any atom is 0.273 e. The van der Waals surface area contributed by atoms with Crippen molar-refractivity contribution in [2.24, 2.45) is 0 Å². The van der Waals surface area contributed by atoms with Crippen molar-refractivity contribution < 1.29 is 13.2 Å². The molecule has 0 aliphatic rings. The molecular weight excluding hydrogens is 380 g/mol. The van der Waals surface area contributed by atoms with Crippen molar-refractivity contribution in [1.29, 1.82) is 0 Å². The fraction of sp³-hybridized carbons (Fsp3) is 0.111. The molecule has 0 saturated heterocycles. The van der Waals surface area contributed by atoms with Gasteiger partial charge in [-0.25, -0.2) is 13.4 Å². The molecule has 0 radical (unpaired) electrons. The van der Waals surface area contributed by atoms with E-state index < -0.39 is 15.7 Å². The summed E-state index contributed by atoms with van der Waals surface area (Å²) in [7, 11) is -2.01. The number of rotatable bonds is 6. The second kappa shape index (κ2) is 8.01. The third-order valence-corrected chi connectivity index (χ3v) is 4.87. The predicted molar refractivity (Wildman–Crippen MR) is 106 cm³/mol. The number of para-hydroxylation sites is 1. The van der Waals surface area contributed by atoms with Gasteiger partial charge in [-0.3, -0.25) is 4.79 Å². The third-order valence-electron chi connectivity index (χ3n) is 3.71. The number of anilines is 4. The van der Waals surface area contributed by atoms with E-state index in [2.05, 4.69) is 31.1 Å². The Labute approximate surface area is 162 Å². The van der Waals surface area contributed by atoms with Crippen molar-refractivity contribution in [2.75, 3.05) is 23.9 Å². The molecule has 0 saturated carbocycles. The molecular formula is C18H18N6O3S. The number of sulfone groups is 1. The number of benzene rings is 1. The molecule has 3 aromatic rings. The first-order valence-electron chi connectivity index (χ1n) is 8.22. The van der Waals surface area contributed by atoms with Crippen LogP contribution >= 0.6 is 0 Å². The van der Waals surface area contributed by atoms with Gasteiger partial charge in [0.1, 0.15) is 5.82 Å². The Morgan fingerprint density at radius 1 is 0.929 bits per heavy atom. The third kappa shape index (κ3) is 4.41. The molecule has 2 heterocycles. The number of amides is 1. The molecule has 0 aliphatic heterocycles. The Morgan fingerprint density at radius 2 is 1.68 bits per heavy atom. The van der Waals surface area contributed by atoms with Gasteiger partial charge < -0.3 is 16.0 Å². The molecule has 0 bridgehead atoms. The minimum atomic E-state index is -3.48. The summed E-state index contributed by atoms with van der Waals surface area (Å²) in [6, 6.07) is 13.3. The van der Waals surface area contributed by atoms with Gasteiger partial charge in [0.25, 0.3) is 5.91 Å². The van der Waals surface area contributed by atoms with Crippen molar-refractivity contribution in [1.82, 2.24) is 20.5 Å². The first-order chi connectivity index (χ1) is 13.4. The van der Waals surface area contributed by atoms with Crippen LogP contribution < -0.4 is 16.0 Å². The SMILES string of the molecule is CNC(=O)c1nnc(Nc2ccccn2)cc1Nc1ccccc1S(C)(=O)=O. The van der Waals surface area contributed by atoms with Crippen LogP contribution in [0.2, 0.25) is 0 Å². The second-order valence-electron chi connectivity index (χ2n) is 5.80. The van der Waals surface area contributed by atoms with E-state index in [1.165, 1.54) is 13.1 Å². The van der Waals surface area contributed by atoms with Crippen LogP contribution in [0.25, 0.3) is 0 Å². The van der Waals surface area contributed by atoms with Crippen LogP contribution in [0.15, 0.2) is 59.6 Å². The molecule has 1 amide bonds. The maximum atomic E-state index is 12.2. The fourth-order valence-electron chi connectivity index (χ4n) is 2.44. The van der Waals surface area contributed by atoms with E-state index in [0.717, 1.165) is 6.26 Å². The van der Waals surface area contributed by atoms with E-state index in [1.54, 1.807) is 42.6 Å². The van der Waals surface area contributed by atoms with Crippen molar-refractivity contribution in [3.63, 3.8) is 0 Å². The molecule has 1 aromatic carbocycles. The van der Waals surface area contributed by atoms with Crippen molar-refractivity contribution >= 4 is 38.8 Å². The minimum absolute atomic E-state index is 0.0253. The normalized spacial score (nSPS) is 10.9. The average molecular weight is 398 g/mol. The zero-order chi connectivity index (χ0) is 20.1. The summed E-state index contributed by atoms with van der Waals surface area (Å²) in [6.45, 7) is 0. The van der Waals surface area contributed by atoms with Crippen LogP contribution in [0.4, 0.5) is 23.0 Å². The quantitative estimate of drug-likeness (QED) is 0.576. The molecule has 10 heteroatoms. The molecule has 9 nitrogen and oxygen atoms in total. The van der Waals surface area contributed by atoms with Gasteiger partial charge in [-0.15, -0.1) is 10.2 Å². The van der Waals surface area contributed by atoms with Gasteiger partial charge in [-0.1, -0.05) is 18.2 Å². The number of carbonyl (C=O) groups is 1. The highest BCUT2D eigenvalue weighted by Gasteiger charge is 2.18. The topological polar surface area (TPSA) is 126 Å². The molecule has 0 fully saturated rings. The number of hydrogen-bond donors (Lipinski definition) is 3. The summed E-state index contributed by atoms with van der Waals surface area (Å²) in [5, 5.41) is 16.4. The molecule has 3 N–H and O–H groups in total. The highest BCUT2D eigenvalue weighted by atomic mass is 32.2. The van der Waals surface area contributed by atoms with Gasteiger partial charge in [0, 0.05) is 25.6 Å². The summed E-state index contributed by atoms with van der Waals surface area (Å²) in [6.07, 6.45) is 2.74. The van der Waals surface area contributed by atoms with E-state index in [9.17, 15) is 13.2 Å². The van der Waals surface area contributed by atoms with Crippen molar-refractivity contribution in [2.45, 2.75) is 4.90 Å². The molecule has 0 unspecified atom stereocenters. The van der Waals surface area contributed by atoms with Crippen LogP contribution in [0.1, 0.15) is 10.5 Å². The number of nitrogens with zero attached hydrogens (tertiary/aromatic N) is 3. The smallest absolute Gasteiger partial charge is 0.273 e. The largest absolute Gasteiger partial charge is 0.354 e.